The van der Waals surface area contributed by atoms with Gasteiger partial charge >= 0.3 is 19.8 Å². The minimum atomic E-state index is -4.41. The Kier molecular flexibility index (Phi) is 46.6. The van der Waals surface area contributed by atoms with Gasteiger partial charge < -0.3 is 20.1 Å². The van der Waals surface area contributed by atoms with Crippen LogP contribution >= 0.6 is 7.82 Å². The van der Waals surface area contributed by atoms with E-state index in [4.69, 9.17) is 24.3 Å². The van der Waals surface area contributed by atoms with Crippen LogP contribution in [0.2, 0.25) is 0 Å². The van der Waals surface area contributed by atoms with E-state index in [9.17, 15) is 19.0 Å². The number of esters is 2. The summed E-state index contributed by atoms with van der Waals surface area (Å²) in [6.45, 7) is 3.42. The summed E-state index contributed by atoms with van der Waals surface area (Å²) in [4.78, 5) is 35.0. The first-order valence-electron chi connectivity index (χ1n) is 24.7. The van der Waals surface area contributed by atoms with Crippen LogP contribution in [-0.4, -0.2) is 49.3 Å². The van der Waals surface area contributed by atoms with E-state index < -0.39 is 32.5 Å². The lowest BCUT2D eigenvalue weighted by Crippen LogP contribution is -2.29. The van der Waals surface area contributed by atoms with Crippen LogP contribution in [0.1, 0.15) is 168 Å². The fraction of sp³-hybridized carbons (Fsp3) is 0.564. The Morgan fingerprint density at radius 3 is 1.22 bits per heavy atom. The molecule has 0 saturated carbocycles. The lowest BCUT2D eigenvalue weighted by atomic mass is 10.1. The van der Waals surface area contributed by atoms with Gasteiger partial charge in [-0.15, -0.1) is 0 Å². The summed E-state index contributed by atoms with van der Waals surface area (Å²) in [5.41, 5.74) is 5.36. The highest BCUT2D eigenvalue weighted by Crippen LogP contribution is 2.43. The molecule has 0 aromatic heterocycles. The summed E-state index contributed by atoms with van der Waals surface area (Å²) >= 11 is 0. The van der Waals surface area contributed by atoms with Crippen molar-refractivity contribution in [3.8, 4) is 0 Å². The molecule has 0 rings (SSSR count). The maximum atomic E-state index is 12.6. The third kappa shape index (κ3) is 49.4. The number of unbranched alkanes of at least 4 members (excludes halogenated alkanes) is 9. The highest BCUT2D eigenvalue weighted by molar-refractivity contribution is 7.47. The third-order valence-corrected chi connectivity index (χ3v) is 10.5. The van der Waals surface area contributed by atoms with Crippen LogP contribution in [0.25, 0.3) is 0 Å². The molecule has 0 aromatic rings. The van der Waals surface area contributed by atoms with Crippen LogP contribution in [0.4, 0.5) is 0 Å². The number of carbonyl (C=O) groups is 2. The Bertz CT molecular complexity index is 1520. The van der Waals surface area contributed by atoms with Crippen LogP contribution in [-0.2, 0) is 32.7 Å². The molecule has 0 aromatic carbocycles. The van der Waals surface area contributed by atoms with Gasteiger partial charge in [-0.2, -0.15) is 0 Å². The highest BCUT2D eigenvalue weighted by atomic mass is 31.2. The molecule has 0 saturated heterocycles. The molecule has 0 bridgehead atoms. The Morgan fingerprint density at radius 2 is 0.800 bits per heavy atom. The van der Waals surface area contributed by atoms with Gasteiger partial charge in [-0.25, -0.2) is 4.57 Å². The minimum Gasteiger partial charge on any atom is -0.462 e. The summed E-state index contributed by atoms with van der Waals surface area (Å²) in [6, 6.07) is 0. The Labute approximate surface area is 395 Å². The first-order valence-corrected chi connectivity index (χ1v) is 26.2. The predicted molar refractivity (Wildman–Crippen MR) is 274 cm³/mol. The fourth-order valence-corrected chi connectivity index (χ4v) is 6.72. The van der Waals surface area contributed by atoms with Crippen LogP contribution in [0, 0.1) is 0 Å². The number of allylic oxidation sites excluding steroid dienone is 22. The zero-order chi connectivity index (χ0) is 47.4. The van der Waals surface area contributed by atoms with Gasteiger partial charge in [0.2, 0.25) is 0 Å². The van der Waals surface area contributed by atoms with E-state index >= 15 is 0 Å². The topological polar surface area (TPSA) is 134 Å². The molecule has 9 nitrogen and oxygen atoms in total. The average molecular weight is 922 g/mol. The smallest absolute Gasteiger partial charge is 0.462 e. The van der Waals surface area contributed by atoms with E-state index in [1.165, 1.54) is 19.3 Å². The van der Waals surface area contributed by atoms with Crippen molar-refractivity contribution in [3.05, 3.63) is 134 Å². The molecule has 65 heavy (non-hydrogen) atoms. The number of nitrogens with two attached hydrogens (primary N) is 1. The fourth-order valence-electron chi connectivity index (χ4n) is 5.96. The van der Waals surface area contributed by atoms with Gasteiger partial charge in [0.15, 0.2) is 6.10 Å². The molecule has 0 heterocycles. The van der Waals surface area contributed by atoms with Gasteiger partial charge in [0.25, 0.3) is 0 Å². The molecule has 0 aliphatic rings. The number of phosphoric acid groups is 1. The molecule has 0 spiro atoms. The number of phosphoric ester groups is 1. The molecule has 0 amide bonds. The maximum Gasteiger partial charge on any atom is 0.472 e. The largest absolute Gasteiger partial charge is 0.472 e. The van der Waals surface area contributed by atoms with Gasteiger partial charge in [0.1, 0.15) is 6.61 Å². The molecular formula is C55H88NO8P. The van der Waals surface area contributed by atoms with Crippen molar-refractivity contribution in [3.63, 3.8) is 0 Å². The lowest BCUT2D eigenvalue weighted by Gasteiger charge is -2.19. The average Bonchev–Trinajstić information content (AvgIpc) is 3.30. The number of carbonyl (C=O) groups excluding carboxylic acids is 2. The molecule has 2 atom stereocenters. The Hall–Kier alpha value is -3.85. The summed E-state index contributed by atoms with van der Waals surface area (Å²) in [5, 5.41) is 0. The highest BCUT2D eigenvalue weighted by Gasteiger charge is 2.26. The van der Waals surface area contributed by atoms with Crippen LogP contribution < -0.4 is 5.73 Å². The lowest BCUT2D eigenvalue weighted by molar-refractivity contribution is -0.161. The van der Waals surface area contributed by atoms with E-state index in [1.807, 2.05) is 0 Å². The molecule has 0 aliphatic carbocycles. The van der Waals surface area contributed by atoms with Gasteiger partial charge in [-0.3, -0.25) is 18.6 Å². The van der Waals surface area contributed by atoms with Gasteiger partial charge in [0, 0.05) is 19.4 Å². The quantitative estimate of drug-likeness (QED) is 0.0265. The van der Waals surface area contributed by atoms with Crippen molar-refractivity contribution in [2.45, 2.75) is 174 Å². The van der Waals surface area contributed by atoms with E-state index in [1.54, 1.807) is 0 Å². The standard InChI is InChI=1S/C55H88NO8P/c1-3-5-7-9-11-13-15-17-19-21-23-25-26-28-29-31-33-35-37-39-41-43-45-47-54(57)61-51-53(52-63-65(59,60)62-50-49-56)64-55(58)48-46-44-42-40-38-36-34-32-30-27-24-22-20-18-16-14-12-10-8-6-4-2/h5-8,11-14,17-20,23-25,27-29,32,34,38,40,53H,3-4,9-10,15-16,21-22,26,30-31,33,35-37,39,41-52,56H2,1-2H3,(H,59,60)/b7-5-,8-6-,13-11-,14-12-,19-17-,20-18-,25-23-,27-24-,29-28-,34-32-,40-38-. The molecule has 0 radical (unpaired) electrons. The number of ether oxygens (including phenoxy) is 2. The molecule has 0 fully saturated rings. The zero-order valence-electron chi connectivity index (χ0n) is 40.4. The predicted octanol–water partition coefficient (Wildman–Crippen LogP) is 15.1. The normalized spacial score (nSPS) is 14.3. The van der Waals surface area contributed by atoms with Gasteiger partial charge in [0.05, 0.1) is 13.2 Å². The van der Waals surface area contributed by atoms with Gasteiger partial charge in [-0.05, 0) is 109 Å². The molecular weight excluding hydrogens is 834 g/mol. The van der Waals surface area contributed by atoms with Crippen molar-refractivity contribution >= 4 is 19.8 Å². The number of hydrogen-bond donors (Lipinski definition) is 2. The van der Waals surface area contributed by atoms with E-state index in [0.29, 0.717) is 12.8 Å². The Morgan fingerprint density at radius 1 is 0.462 bits per heavy atom. The monoisotopic (exact) mass is 922 g/mol. The van der Waals surface area contributed by atoms with Crippen molar-refractivity contribution in [1.82, 2.24) is 0 Å². The second kappa shape index (κ2) is 49.6. The van der Waals surface area contributed by atoms with Crippen LogP contribution in [0.3, 0.4) is 0 Å². The molecule has 2 unspecified atom stereocenters. The summed E-state index contributed by atoms with van der Waals surface area (Å²) in [6.07, 6.45) is 69.1. The SMILES string of the molecule is CC/C=C\C/C=C\C/C=C\C/C=C\C/C=C\C/C=C\CCCCC(=O)OC(COC(=O)CCCCCCCCC/C=C\C/C=C\C/C=C\C/C=C\C/C=C\CC)COP(=O)(O)OCCN. The third-order valence-electron chi connectivity index (χ3n) is 9.53. The summed E-state index contributed by atoms with van der Waals surface area (Å²) in [7, 11) is -4.41. The van der Waals surface area contributed by atoms with E-state index in [0.717, 1.165) is 109 Å². The Balaban J connectivity index is 4.22. The van der Waals surface area contributed by atoms with Crippen molar-refractivity contribution in [1.29, 1.82) is 0 Å². The van der Waals surface area contributed by atoms with Crippen LogP contribution in [0.15, 0.2) is 134 Å². The summed E-state index contributed by atoms with van der Waals surface area (Å²) < 4.78 is 32.8. The van der Waals surface area contributed by atoms with Crippen molar-refractivity contribution in [2.24, 2.45) is 5.73 Å². The zero-order valence-corrected chi connectivity index (χ0v) is 41.3. The van der Waals surface area contributed by atoms with Crippen LogP contribution in [0.5, 0.6) is 0 Å². The molecule has 10 heteroatoms. The van der Waals surface area contributed by atoms with E-state index in [-0.39, 0.29) is 32.6 Å². The molecule has 3 N–H and O–H groups in total. The number of rotatable bonds is 44. The molecule has 366 valence electrons. The maximum absolute atomic E-state index is 12.6. The summed E-state index contributed by atoms with van der Waals surface area (Å²) in [5.74, 6) is -0.906. The van der Waals surface area contributed by atoms with Crippen molar-refractivity contribution in [2.75, 3.05) is 26.4 Å². The minimum absolute atomic E-state index is 0.0360. The number of hydrogen-bond acceptors (Lipinski definition) is 8. The first kappa shape index (κ1) is 61.1. The van der Waals surface area contributed by atoms with Gasteiger partial charge in [-0.1, -0.05) is 180 Å². The molecule has 0 aliphatic heterocycles. The first-order chi connectivity index (χ1) is 31.8. The second-order valence-corrected chi connectivity index (χ2v) is 17.0. The second-order valence-electron chi connectivity index (χ2n) is 15.6. The van der Waals surface area contributed by atoms with Crippen molar-refractivity contribution < 1.29 is 37.6 Å². The van der Waals surface area contributed by atoms with E-state index in [2.05, 4.69) is 148 Å².